The van der Waals surface area contributed by atoms with Crippen molar-refractivity contribution in [2.45, 2.75) is 25.3 Å². The first-order valence-corrected chi connectivity index (χ1v) is 8.01. The third-order valence-corrected chi connectivity index (χ3v) is 5.24. The topological polar surface area (TPSA) is 12.0 Å². The lowest BCUT2D eigenvalue weighted by Crippen LogP contribution is -2.30. The average molecular weight is 314 g/mol. The van der Waals surface area contributed by atoms with Crippen molar-refractivity contribution in [3.05, 3.63) is 76.1 Å². The summed E-state index contributed by atoms with van der Waals surface area (Å²) in [6.45, 7) is 2.07. The second-order valence-electron chi connectivity index (χ2n) is 6.15. The molecule has 22 heavy (non-hydrogen) atoms. The van der Waals surface area contributed by atoms with Crippen molar-refractivity contribution < 1.29 is 4.39 Å². The van der Waals surface area contributed by atoms with Crippen LogP contribution >= 0.6 is 11.6 Å². The predicted molar refractivity (Wildman–Crippen MR) is 88.9 cm³/mol. The molecule has 0 spiro atoms. The van der Waals surface area contributed by atoms with Gasteiger partial charge >= 0.3 is 0 Å². The molecule has 0 amide bonds. The third-order valence-electron chi connectivity index (χ3n) is 4.92. The molecule has 0 saturated heterocycles. The number of nitrogens with one attached hydrogen (secondary N) is 1. The summed E-state index contributed by atoms with van der Waals surface area (Å²) < 4.78 is 14.3. The van der Waals surface area contributed by atoms with Gasteiger partial charge in [0.1, 0.15) is 5.82 Å². The molecule has 0 bridgehead atoms. The summed E-state index contributed by atoms with van der Waals surface area (Å²) in [4.78, 5) is 0. The molecular formula is C19H17ClFN. The fourth-order valence-corrected chi connectivity index (χ4v) is 4.13. The van der Waals surface area contributed by atoms with E-state index in [9.17, 15) is 4.39 Å². The maximum absolute atomic E-state index is 14.3. The molecule has 1 aliphatic carbocycles. The van der Waals surface area contributed by atoms with E-state index in [-0.39, 0.29) is 17.8 Å². The van der Waals surface area contributed by atoms with E-state index in [1.807, 2.05) is 24.3 Å². The van der Waals surface area contributed by atoms with E-state index in [0.717, 1.165) is 33.8 Å². The summed E-state index contributed by atoms with van der Waals surface area (Å²) in [5.74, 6) is 0.422. The van der Waals surface area contributed by atoms with Gasteiger partial charge in [-0.25, -0.2) is 4.39 Å². The Hall–Kier alpha value is -1.80. The number of fused-ring (bicyclic) bond motifs is 3. The molecule has 4 rings (SSSR count). The van der Waals surface area contributed by atoms with Crippen LogP contribution in [0.5, 0.6) is 0 Å². The highest BCUT2D eigenvalue weighted by molar-refractivity contribution is 6.32. The van der Waals surface area contributed by atoms with Gasteiger partial charge < -0.3 is 5.32 Å². The lowest BCUT2D eigenvalue weighted by molar-refractivity contribution is 0.413. The predicted octanol–water partition coefficient (Wildman–Crippen LogP) is 5.61. The van der Waals surface area contributed by atoms with Crippen molar-refractivity contribution >= 4 is 17.3 Å². The zero-order valence-electron chi connectivity index (χ0n) is 12.3. The maximum Gasteiger partial charge on any atom is 0.128 e. The SMILES string of the molecule is Cc1ccc(Cl)c2c1N[C@H](c1ccccc1F)[C@@H]1CC=C[C@H]21. The van der Waals surface area contributed by atoms with Crippen LogP contribution in [-0.2, 0) is 0 Å². The molecule has 0 radical (unpaired) electrons. The Kier molecular flexibility index (Phi) is 3.23. The van der Waals surface area contributed by atoms with Gasteiger partial charge in [0.2, 0.25) is 0 Å². The standard InChI is InChI=1S/C19H17ClFN/c1-11-9-10-15(20)17-12-6-4-7-13(12)19(22-18(11)17)14-5-2-3-8-16(14)21/h2-6,8-10,12-13,19,22H,7H2,1H3/t12-,13+,19-/m0/s1. The Morgan fingerprint density at radius 1 is 1.18 bits per heavy atom. The Morgan fingerprint density at radius 3 is 2.82 bits per heavy atom. The summed E-state index contributed by atoms with van der Waals surface area (Å²) >= 11 is 6.46. The fourth-order valence-electron chi connectivity index (χ4n) is 3.84. The van der Waals surface area contributed by atoms with Crippen LogP contribution in [0.25, 0.3) is 0 Å². The van der Waals surface area contributed by atoms with Gasteiger partial charge in [-0.2, -0.15) is 0 Å². The van der Waals surface area contributed by atoms with Gasteiger partial charge in [-0.05, 0) is 37.0 Å². The van der Waals surface area contributed by atoms with Crippen LogP contribution < -0.4 is 5.32 Å². The van der Waals surface area contributed by atoms with E-state index in [0.29, 0.717) is 5.92 Å². The van der Waals surface area contributed by atoms with E-state index < -0.39 is 0 Å². The highest BCUT2D eigenvalue weighted by Crippen LogP contribution is 2.52. The van der Waals surface area contributed by atoms with Crippen LogP contribution in [0.1, 0.15) is 35.1 Å². The summed E-state index contributed by atoms with van der Waals surface area (Å²) in [7, 11) is 0. The summed E-state index contributed by atoms with van der Waals surface area (Å²) in [5.41, 5.74) is 4.12. The van der Waals surface area contributed by atoms with Crippen LogP contribution in [-0.4, -0.2) is 0 Å². The average Bonchev–Trinajstić information content (AvgIpc) is 3.00. The van der Waals surface area contributed by atoms with Crippen LogP contribution in [0.15, 0.2) is 48.6 Å². The van der Waals surface area contributed by atoms with Gasteiger partial charge in [-0.15, -0.1) is 0 Å². The highest BCUT2D eigenvalue weighted by atomic mass is 35.5. The van der Waals surface area contributed by atoms with E-state index >= 15 is 0 Å². The Balaban J connectivity index is 1.88. The van der Waals surface area contributed by atoms with Crippen molar-refractivity contribution in [1.29, 1.82) is 0 Å². The van der Waals surface area contributed by atoms with Gasteiger partial charge in [-0.3, -0.25) is 0 Å². The van der Waals surface area contributed by atoms with Crippen molar-refractivity contribution in [3.8, 4) is 0 Å². The monoisotopic (exact) mass is 313 g/mol. The number of rotatable bonds is 1. The van der Waals surface area contributed by atoms with Gasteiger partial charge in [0, 0.05) is 27.8 Å². The molecule has 0 aromatic heterocycles. The smallest absolute Gasteiger partial charge is 0.128 e. The summed E-state index contributed by atoms with van der Waals surface area (Å²) in [5, 5.41) is 4.36. The Morgan fingerprint density at radius 2 is 2.00 bits per heavy atom. The van der Waals surface area contributed by atoms with Crippen LogP contribution in [0.3, 0.4) is 0 Å². The maximum atomic E-state index is 14.3. The van der Waals surface area contributed by atoms with Gasteiger partial charge in [0.15, 0.2) is 0 Å². The minimum absolute atomic E-state index is 0.0223. The highest BCUT2D eigenvalue weighted by Gasteiger charge is 2.40. The third kappa shape index (κ3) is 1.98. The molecule has 2 aliphatic rings. The van der Waals surface area contributed by atoms with Crippen LogP contribution in [0.4, 0.5) is 10.1 Å². The molecule has 0 saturated carbocycles. The molecular weight excluding hydrogens is 297 g/mol. The molecule has 1 heterocycles. The number of benzene rings is 2. The van der Waals surface area contributed by atoms with E-state index in [2.05, 4.69) is 24.4 Å². The van der Waals surface area contributed by atoms with E-state index in [1.54, 1.807) is 6.07 Å². The van der Waals surface area contributed by atoms with Crippen molar-refractivity contribution in [2.24, 2.45) is 5.92 Å². The Labute approximate surface area is 134 Å². The van der Waals surface area contributed by atoms with Crippen LogP contribution in [0.2, 0.25) is 5.02 Å². The largest absolute Gasteiger partial charge is 0.377 e. The molecule has 1 nitrogen and oxygen atoms in total. The van der Waals surface area contributed by atoms with Crippen molar-refractivity contribution in [2.75, 3.05) is 5.32 Å². The zero-order chi connectivity index (χ0) is 15.3. The molecule has 1 N–H and O–H groups in total. The number of hydrogen-bond donors (Lipinski definition) is 1. The van der Waals surface area contributed by atoms with E-state index in [4.69, 9.17) is 11.6 Å². The molecule has 0 unspecified atom stereocenters. The molecule has 2 aromatic carbocycles. The first kappa shape index (κ1) is 13.8. The van der Waals surface area contributed by atoms with Gasteiger partial charge in [-0.1, -0.05) is 48.0 Å². The molecule has 1 aliphatic heterocycles. The van der Waals surface area contributed by atoms with Gasteiger partial charge in [0.25, 0.3) is 0 Å². The lowest BCUT2D eigenvalue weighted by atomic mass is 9.76. The second-order valence-corrected chi connectivity index (χ2v) is 6.56. The minimum atomic E-state index is -0.145. The van der Waals surface area contributed by atoms with Gasteiger partial charge in [0.05, 0.1) is 6.04 Å². The number of hydrogen-bond acceptors (Lipinski definition) is 1. The quantitative estimate of drug-likeness (QED) is 0.674. The fraction of sp³-hybridized carbons (Fsp3) is 0.263. The summed E-state index contributed by atoms with van der Waals surface area (Å²) in [6.07, 6.45) is 5.36. The number of aryl methyl sites for hydroxylation is 1. The number of anilines is 1. The minimum Gasteiger partial charge on any atom is -0.377 e. The van der Waals surface area contributed by atoms with Crippen molar-refractivity contribution in [1.82, 2.24) is 0 Å². The molecule has 3 heteroatoms. The van der Waals surface area contributed by atoms with Crippen molar-refractivity contribution in [3.63, 3.8) is 0 Å². The normalized spacial score (nSPS) is 25.5. The van der Waals surface area contributed by atoms with Crippen LogP contribution in [0, 0.1) is 18.7 Å². The van der Waals surface area contributed by atoms with E-state index in [1.165, 1.54) is 6.07 Å². The first-order valence-electron chi connectivity index (χ1n) is 7.63. The number of halogens is 2. The second kappa shape index (κ2) is 5.13. The lowest BCUT2D eigenvalue weighted by Gasteiger charge is -2.38. The molecule has 112 valence electrons. The Bertz CT molecular complexity index is 768. The number of allylic oxidation sites excluding steroid dienone is 2. The molecule has 0 fully saturated rings. The summed E-state index contributed by atoms with van der Waals surface area (Å²) in [6, 6.07) is 11.0. The molecule has 2 aromatic rings. The zero-order valence-corrected chi connectivity index (χ0v) is 13.1. The molecule has 3 atom stereocenters. The first-order chi connectivity index (χ1) is 10.7.